The molecule has 66 valence electrons. The molecule has 0 bridgehead atoms. The van der Waals surface area contributed by atoms with E-state index >= 15 is 0 Å². The number of aromatic amines is 1. The van der Waals surface area contributed by atoms with E-state index < -0.39 is 0 Å². The molecule has 5 nitrogen and oxygen atoms in total. The fraction of sp³-hybridized carbons (Fsp3) is 0.429. The molecule has 1 aromatic rings. The van der Waals surface area contributed by atoms with E-state index in [0.29, 0.717) is 12.1 Å². The maximum absolute atomic E-state index is 11.2. The lowest BCUT2D eigenvalue weighted by atomic mass is 10.3. The first-order valence-corrected chi connectivity index (χ1v) is 3.76. The summed E-state index contributed by atoms with van der Waals surface area (Å²) in [5.41, 5.74) is 0.561. The minimum Gasteiger partial charge on any atom is -0.351 e. The van der Waals surface area contributed by atoms with E-state index in [0.717, 1.165) is 6.54 Å². The number of aromatic nitrogens is 2. The smallest absolute Gasteiger partial charge is 0.254 e. The number of amides is 1. The van der Waals surface area contributed by atoms with Crippen molar-refractivity contribution >= 4 is 5.91 Å². The molecular weight excluding hydrogens is 156 g/mol. The molecule has 5 heteroatoms. The zero-order valence-electron chi connectivity index (χ0n) is 6.92. The van der Waals surface area contributed by atoms with Crippen LogP contribution in [0.2, 0.25) is 0 Å². The van der Waals surface area contributed by atoms with Crippen LogP contribution in [-0.4, -0.2) is 36.2 Å². The van der Waals surface area contributed by atoms with Gasteiger partial charge in [-0.25, -0.2) is 0 Å². The van der Waals surface area contributed by atoms with Gasteiger partial charge in [0.25, 0.3) is 5.91 Å². The van der Waals surface area contributed by atoms with Crippen LogP contribution in [-0.2, 0) is 0 Å². The Morgan fingerprint density at radius 1 is 1.67 bits per heavy atom. The van der Waals surface area contributed by atoms with Crippen molar-refractivity contribution in [3.05, 3.63) is 18.0 Å². The zero-order valence-corrected chi connectivity index (χ0v) is 6.92. The highest BCUT2D eigenvalue weighted by atomic mass is 16.1. The highest BCUT2D eigenvalue weighted by Gasteiger charge is 2.03. The summed E-state index contributed by atoms with van der Waals surface area (Å²) >= 11 is 0. The number of rotatable bonds is 4. The lowest BCUT2D eigenvalue weighted by Crippen LogP contribution is -2.30. The average molecular weight is 168 g/mol. The normalized spacial score (nSPS) is 9.75. The van der Waals surface area contributed by atoms with Crippen molar-refractivity contribution in [1.29, 1.82) is 0 Å². The lowest BCUT2D eigenvalue weighted by Gasteiger charge is -2.01. The van der Waals surface area contributed by atoms with Crippen LogP contribution < -0.4 is 10.6 Å². The SMILES string of the molecule is CNCCNC(=O)c1cn[nH]c1. The van der Waals surface area contributed by atoms with Crippen LogP contribution in [0.3, 0.4) is 0 Å². The highest BCUT2D eigenvalue weighted by Crippen LogP contribution is 1.91. The van der Waals surface area contributed by atoms with Crippen LogP contribution in [0.15, 0.2) is 12.4 Å². The van der Waals surface area contributed by atoms with Crippen molar-refractivity contribution in [1.82, 2.24) is 20.8 Å². The van der Waals surface area contributed by atoms with Crippen LogP contribution in [0.5, 0.6) is 0 Å². The third kappa shape index (κ3) is 2.35. The number of likely N-dealkylation sites (N-methyl/N-ethyl adjacent to an activating group) is 1. The van der Waals surface area contributed by atoms with Crippen LogP contribution in [0, 0.1) is 0 Å². The maximum atomic E-state index is 11.2. The van der Waals surface area contributed by atoms with Gasteiger partial charge in [0.1, 0.15) is 0 Å². The van der Waals surface area contributed by atoms with Crippen LogP contribution >= 0.6 is 0 Å². The Morgan fingerprint density at radius 3 is 3.08 bits per heavy atom. The fourth-order valence-electron chi connectivity index (χ4n) is 0.778. The quantitative estimate of drug-likeness (QED) is 0.524. The molecule has 1 aromatic heterocycles. The number of H-pyrrole nitrogens is 1. The van der Waals surface area contributed by atoms with Gasteiger partial charge in [0.05, 0.1) is 11.8 Å². The summed E-state index contributed by atoms with van der Waals surface area (Å²) in [5.74, 6) is -0.0981. The van der Waals surface area contributed by atoms with Crippen molar-refractivity contribution in [3.8, 4) is 0 Å². The summed E-state index contributed by atoms with van der Waals surface area (Å²) in [6, 6.07) is 0. The number of hydrogen-bond donors (Lipinski definition) is 3. The van der Waals surface area contributed by atoms with Gasteiger partial charge in [0.2, 0.25) is 0 Å². The van der Waals surface area contributed by atoms with Gasteiger partial charge >= 0.3 is 0 Å². The first kappa shape index (κ1) is 8.73. The molecule has 0 saturated heterocycles. The predicted octanol–water partition coefficient (Wildman–Crippen LogP) is -0.641. The number of carbonyl (C=O) groups is 1. The summed E-state index contributed by atoms with van der Waals surface area (Å²) in [6.07, 6.45) is 3.06. The molecule has 0 aromatic carbocycles. The van der Waals surface area contributed by atoms with Gasteiger partial charge in [0.15, 0.2) is 0 Å². The molecule has 0 aliphatic rings. The van der Waals surface area contributed by atoms with Gasteiger partial charge in [-0.15, -0.1) is 0 Å². The number of carbonyl (C=O) groups excluding carboxylic acids is 1. The number of hydrogen-bond acceptors (Lipinski definition) is 3. The Balaban J connectivity index is 2.30. The molecule has 0 spiro atoms. The summed E-state index contributed by atoms with van der Waals surface area (Å²) in [4.78, 5) is 11.2. The van der Waals surface area contributed by atoms with E-state index in [9.17, 15) is 4.79 Å². The third-order valence-corrected chi connectivity index (χ3v) is 1.42. The summed E-state index contributed by atoms with van der Waals surface area (Å²) < 4.78 is 0. The Morgan fingerprint density at radius 2 is 2.50 bits per heavy atom. The topological polar surface area (TPSA) is 69.8 Å². The van der Waals surface area contributed by atoms with Crippen LogP contribution in [0.4, 0.5) is 0 Å². The van der Waals surface area contributed by atoms with Crippen LogP contribution in [0.1, 0.15) is 10.4 Å². The van der Waals surface area contributed by atoms with E-state index in [1.54, 1.807) is 6.20 Å². The molecule has 1 amide bonds. The standard InChI is InChI=1S/C7H12N4O/c1-8-2-3-9-7(12)6-4-10-11-5-6/h4-5,8H,2-3H2,1H3,(H,9,12)(H,10,11). The van der Waals surface area contributed by atoms with Gasteiger partial charge in [0, 0.05) is 19.3 Å². The largest absolute Gasteiger partial charge is 0.351 e. The molecule has 0 fully saturated rings. The van der Waals surface area contributed by atoms with Gasteiger partial charge in [-0.2, -0.15) is 5.10 Å². The first-order chi connectivity index (χ1) is 5.84. The van der Waals surface area contributed by atoms with Crippen molar-refractivity contribution in [2.45, 2.75) is 0 Å². The van der Waals surface area contributed by atoms with Gasteiger partial charge < -0.3 is 10.6 Å². The molecule has 0 unspecified atom stereocenters. The minimum atomic E-state index is -0.0981. The van der Waals surface area contributed by atoms with Gasteiger partial charge in [-0.3, -0.25) is 9.89 Å². The molecule has 0 atom stereocenters. The predicted molar refractivity (Wildman–Crippen MR) is 44.8 cm³/mol. The van der Waals surface area contributed by atoms with E-state index in [-0.39, 0.29) is 5.91 Å². The van der Waals surface area contributed by atoms with Crippen molar-refractivity contribution in [2.75, 3.05) is 20.1 Å². The second-order valence-corrected chi connectivity index (χ2v) is 2.35. The molecule has 0 radical (unpaired) electrons. The minimum absolute atomic E-state index is 0.0981. The first-order valence-electron chi connectivity index (χ1n) is 3.76. The second-order valence-electron chi connectivity index (χ2n) is 2.35. The van der Waals surface area contributed by atoms with E-state index in [1.807, 2.05) is 7.05 Å². The molecule has 0 saturated carbocycles. The Hall–Kier alpha value is -1.36. The average Bonchev–Trinajstić information content (AvgIpc) is 2.56. The molecule has 1 heterocycles. The maximum Gasteiger partial charge on any atom is 0.254 e. The fourth-order valence-corrected chi connectivity index (χ4v) is 0.778. The molecule has 12 heavy (non-hydrogen) atoms. The van der Waals surface area contributed by atoms with E-state index in [2.05, 4.69) is 20.8 Å². The number of nitrogens with one attached hydrogen (secondary N) is 3. The molecule has 0 aliphatic heterocycles. The van der Waals surface area contributed by atoms with E-state index in [1.165, 1.54) is 6.20 Å². The Kier molecular flexibility index (Phi) is 3.28. The van der Waals surface area contributed by atoms with Crippen molar-refractivity contribution in [2.24, 2.45) is 0 Å². The second kappa shape index (κ2) is 4.50. The van der Waals surface area contributed by atoms with Gasteiger partial charge in [-0.05, 0) is 7.05 Å². The molecule has 1 rings (SSSR count). The van der Waals surface area contributed by atoms with Gasteiger partial charge in [-0.1, -0.05) is 0 Å². The Bertz CT molecular complexity index is 232. The number of nitrogens with zero attached hydrogens (tertiary/aromatic N) is 1. The molecule has 3 N–H and O–H groups in total. The molecule has 0 aliphatic carbocycles. The molecular formula is C7H12N4O. The third-order valence-electron chi connectivity index (χ3n) is 1.42. The summed E-state index contributed by atoms with van der Waals surface area (Å²) in [6.45, 7) is 1.39. The summed E-state index contributed by atoms with van der Waals surface area (Å²) in [7, 11) is 1.84. The lowest BCUT2D eigenvalue weighted by molar-refractivity contribution is 0.0954. The monoisotopic (exact) mass is 168 g/mol. The van der Waals surface area contributed by atoms with Crippen molar-refractivity contribution in [3.63, 3.8) is 0 Å². The summed E-state index contributed by atoms with van der Waals surface area (Å²) in [5, 5.41) is 11.9. The Labute approximate surface area is 70.5 Å². The van der Waals surface area contributed by atoms with E-state index in [4.69, 9.17) is 0 Å². The zero-order chi connectivity index (χ0) is 8.81. The van der Waals surface area contributed by atoms with Crippen LogP contribution in [0.25, 0.3) is 0 Å². The highest BCUT2D eigenvalue weighted by molar-refractivity contribution is 5.93. The van der Waals surface area contributed by atoms with Crippen molar-refractivity contribution < 1.29 is 4.79 Å².